The van der Waals surface area contributed by atoms with Crippen LogP contribution in [0.4, 0.5) is 0 Å². The Bertz CT molecular complexity index is 262. The number of rotatable bonds is 6. The van der Waals surface area contributed by atoms with Gasteiger partial charge in [-0.25, -0.2) is 0 Å². The molecule has 0 saturated carbocycles. The van der Waals surface area contributed by atoms with Crippen molar-refractivity contribution in [3.63, 3.8) is 0 Å². The van der Waals surface area contributed by atoms with E-state index in [1.54, 1.807) is 0 Å². The number of hydrogen-bond donors (Lipinski definition) is 1. The summed E-state index contributed by atoms with van der Waals surface area (Å²) in [6.45, 7) is 0. The summed E-state index contributed by atoms with van der Waals surface area (Å²) in [5.74, 6) is -6.23. The first-order valence-electron chi connectivity index (χ1n) is 3.27. The van der Waals surface area contributed by atoms with Crippen LogP contribution in [-0.4, -0.2) is 40.1 Å². The minimum Gasteiger partial charge on any atom is -0.549 e. The number of thioether (sulfide) groups is 1. The van der Waals surface area contributed by atoms with E-state index in [0.717, 1.165) is 0 Å². The van der Waals surface area contributed by atoms with Gasteiger partial charge in [0.05, 0.1) is 23.2 Å². The first kappa shape index (κ1) is 27.1. The van der Waals surface area contributed by atoms with Crippen molar-refractivity contribution in [2.75, 3.05) is 5.75 Å². The molecule has 0 radical (unpaired) electrons. The summed E-state index contributed by atoms with van der Waals surface area (Å²) in [6.07, 6.45) is -2.32. The van der Waals surface area contributed by atoms with Crippen LogP contribution in [0.15, 0.2) is 0 Å². The van der Waals surface area contributed by atoms with Gasteiger partial charge in [-0.05, 0) is 0 Å². The van der Waals surface area contributed by atoms with Gasteiger partial charge in [0.1, 0.15) is 6.10 Å². The van der Waals surface area contributed by atoms with E-state index in [1.807, 2.05) is 0 Å². The average Bonchev–Trinajstić information content (AvgIpc) is 2.02. The van der Waals surface area contributed by atoms with Gasteiger partial charge in [0.2, 0.25) is 0 Å². The van der Waals surface area contributed by atoms with Crippen molar-refractivity contribution in [3.05, 3.63) is 0 Å². The third-order valence-electron chi connectivity index (χ3n) is 1.14. The molecule has 0 rings (SSSR count). The SMILES string of the molecule is O=C([O-])CS[C@H](C(=O)[O-])[C@@H](O)C(=O)[O-].[Na+].[Na+].[Na+]. The fourth-order valence-corrected chi connectivity index (χ4v) is 1.31. The van der Waals surface area contributed by atoms with Crippen LogP contribution in [0.2, 0.25) is 0 Å². The van der Waals surface area contributed by atoms with Crippen LogP contribution in [0.5, 0.6) is 0 Å². The van der Waals surface area contributed by atoms with Crippen molar-refractivity contribution in [1.82, 2.24) is 0 Å². The predicted molar refractivity (Wildman–Crippen MR) is 37.3 cm³/mol. The molecule has 0 amide bonds. The smallest absolute Gasteiger partial charge is 0.549 e. The summed E-state index contributed by atoms with van der Waals surface area (Å²) in [4.78, 5) is 30.3. The number of carboxylic acids is 3. The first-order valence-corrected chi connectivity index (χ1v) is 4.32. The van der Waals surface area contributed by atoms with Gasteiger partial charge in [0.25, 0.3) is 0 Å². The van der Waals surface area contributed by atoms with E-state index in [2.05, 4.69) is 0 Å². The zero-order chi connectivity index (χ0) is 11.3. The molecule has 7 nitrogen and oxygen atoms in total. The maximum absolute atomic E-state index is 10.3. The van der Waals surface area contributed by atoms with E-state index >= 15 is 0 Å². The number of aliphatic carboxylic acids is 3. The van der Waals surface area contributed by atoms with E-state index < -0.39 is 35.0 Å². The molecule has 80 valence electrons. The van der Waals surface area contributed by atoms with Crippen LogP contribution < -0.4 is 104 Å². The molecule has 0 aliphatic heterocycles. The number of hydrogen-bond acceptors (Lipinski definition) is 8. The summed E-state index contributed by atoms with van der Waals surface area (Å²) in [5, 5.41) is 37.1. The Labute approximate surface area is 168 Å². The quantitative estimate of drug-likeness (QED) is 0.475. The summed E-state index contributed by atoms with van der Waals surface area (Å²) in [5.41, 5.74) is 0. The van der Waals surface area contributed by atoms with Crippen molar-refractivity contribution in [1.29, 1.82) is 0 Å². The van der Waals surface area contributed by atoms with Gasteiger partial charge in [-0.15, -0.1) is 11.8 Å². The van der Waals surface area contributed by atoms with E-state index in [0.29, 0.717) is 0 Å². The molecule has 0 saturated heterocycles. The number of carboxylic acid groups (broad SMARTS) is 3. The monoisotopic (exact) mass is 290 g/mol. The molecule has 2 atom stereocenters. The number of aliphatic hydroxyl groups excluding tert-OH is 1. The Morgan fingerprint density at radius 3 is 1.65 bits per heavy atom. The van der Waals surface area contributed by atoms with Gasteiger partial charge in [-0.3, -0.25) is 0 Å². The zero-order valence-corrected chi connectivity index (χ0v) is 16.5. The molecule has 0 spiro atoms. The Balaban J connectivity index is -0.000000282. The van der Waals surface area contributed by atoms with Crippen LogP contribution in [0, 0.1) is 0 Å². The van der Waals surface area contributed by atoms with Gasteiger partial charge >= 0.3 is 88.7 Å². The number of aliphatic hydroxyl groups is 1. The van der Waals surface area contributed by atoms with Crippen molar-refractivity contribution in [3.8, 4) is 0 Å². The maximum atomic E-state index is 10.3. The number of carbonyl (C=O) groups excluding carboxylic acids is 3. The molecule has 1 N–H and O–H groups in total. The van der Waals surface area contributed by atoms with Gasteiger partial charge in [0, 0.05) is 5.75 Å². The Hall–Kier alpha value is 1.72. The number of carbonyl (C=O) groups is 3. The molecule has 0 fully saturated rings. The average molecular weight is 290 g/mol. The Morgan fingerprint density at radius 2 is 1.41 bits per heavy atom. The van der Waals surface area contributed by atoms with Gasteiger partial charge in [-0.2, -0.15) is 0 Å². The Kier molecular flexibility index (Phi) is 22.6. The third-order valence-corrected chi connectivity index (χ3v) is 2.35. The minimum atomic E-state index is -2.32. The fourth-order valence-electron chi connectivity index (χ4n) is 0.570. The van der Waals surface area contributed by atoms with Crippen LogP contribution >= 0.6 is 11.8 Å². The summed E-state index contributed by atoms with van der Waals surface area (Å²) in [7, 11) is 0. The molecule has 0 aliphatic carbocycles. The normalized spacial score (nSPS) is 11.8. The summed E-state index contributed by atoms with van der Waals surface area (Å²) < 4.78 is 0. The van der Waals surface area contributed by atoms with Crippen molar-refractivity contribution >= 4 is 29.7 Å². The molecular weight excluding hydrogens is 285 g/mol. The zero-order valence-electron chi connectivity index (χ0n) is 9.67. The van der Waals surface area contributed by atoms with E-state index in [4.69, 9.17) is 5.11 Å². The second-order valence-electron chi connectivity index (χ2n) is 2.19. The van der Waals surface area contributed by atoms with Gasteiger partial charge < -0.3 is 34.8 Å². The van der Waals surface area contributed by atoms with Crippen LogP contribution in [0.25, 0.3) is 0 Å². The first-order chi connectivity index (χ1) is 6.36. The van der Waals surface area contributed by atoms with Crippen LogP contribution in [0.3, 0.4) is 0 Å². The van der Waals surface area contributed by atoms with E-state index in [-0.39, 0.29) is 100 Å². The molecule has 17 heavy (non-hydrogen) atoms. The topological polar surface area (TPSA) is 141 Å². The molecular formula is C6H5Na3O7S. The van der Waals surface area contributed by atoms with Gasteiger partial charge in [0.15, 0.2) is 0 Å². The van der Waals surface area contributed by atoms with Crippen LogP contribution in [0.1, 0.15) is 0 Å². The fraction of sp³-hybridized carbons (Fsp3) is 0.500. The summed E-state index contributed by atoms with van der Waals surface area (Å²) >= 11 is 0.179. The second kappa shape index (κ2) is 14.1. The molecule has 0 unspecified atom stereocenters. The molecule has 0 aromatic carbocycles. The Morgan fingerprint density at radius 1 is 1.00 bits per heavy atom. The largest absolute Gasteiger partial charge is 1.00 e. The molecule has 0 aliphatic rings. The minimum absolute atomic E-state index is 0. The van der Waals surface area contributed by atoms with E-state index in [1.165, 1.54) is 0 Å². The molecule has 0 aromatic rings. The molecule has 0 bridgehead atoms. The second-order valence-corrected chi connectivity index (χ2v) is 3.32. The van der Waals surface area contributed by atoms with Crippen LogP contribution in [-0.2, 0) is 14.4 Å². The standard InChI is InChI=1S/C6H8O7S.3Na/c7-2(8)1-14-4(6(12)13)3(9)5(10)11;;;/h3-4,9H,1H2,(H,7,8)(H,10,11)(H,12,13);;;/q;3*+1/p-3/t3-,4+;;;/m1.../s1. The van der Waals surface area contributed by atoms with Crippen molar-refractivity contribution in [2.45, 2.75) is 11.4 Å². The predicted octanol–water partition coefficient (Wildman–Crippen LogP) is -14.3. The third kappa shape index (κ3) is 12.5. The molecule has 11 heteroatoms. The molecule has 0 heterocycles. The molecule has 0 aromatic heterocycles. The van der Waals surface area contributed by atoms with Gasteiger partial charge in [-0.1, -0.05) is 0 Å². The van der Waals surface area contributed by atoms with E-state index in [9.17, 15) is 29.7 Å². The van der Waals surface area contributed by atoms with Crippen molar-refractivity contribution in [2.24, 2.45) is 0 Å². The maximum Gasteiger partial charge on any atom is 1.00 e. The summed E-state index contributed by atoms with van der Waals surface area (Å²) in [6, 6.07) is 0. The van der Waals surface area contributed by atoms with Crippen molar-refractivity contribution < 1.29 is 123 Å².